The molecule has 0 atom stereocenters. The quantitative estimate of drug-likeness (QED) is 0.263. The Labute approximate surface area is 54.7 Å². The maximum atomic E-state index is 9.72. The first-order valence-electron chi connectivity index (χ1n) is 2.37. The van der Waals surface area contributed by atoms with Crippen molar-refractivity contribution in [1.29, 1.82) is 0 Å². The van der Waals surface area contributed by atoms with E-state index in [1.165, 1.54) is 10.9 Å². The summed E-state index contributed by atoms with van der Waals surface area (Å²) < 4.78 is 5.66. The molecule has 0 spiro atoms. The van der Waals surface area contributed by atoms with E-state index in [9.17, 15) is 10.1 Å². The highest BCUT2D eigenvalue weighted by molar-refractivity contribution is 4.44. The van der Waals surface area contributed by atoms with E-state index in [1.807, 2.05) is 0 Å². The van der Waals surface area contributed by atoms with Crippen molar-refractivity contribution in [3.05, 3.63) is 21.9 Å². The maximum Gasteiger partial charge on any atom is 0.343 e. The second-order valence-corrected chi connectivity index (χ2v) is 1.55. The van der Waals surface area contributed by atoms with E-state index in [1.54, 1.807) is 7.05 Å². The number of rotatable bonds is 1. The van der Waals surface area contributed by atoms with E-state index < -0.39 is 5.03 Å². The highest BCUT2D eigenvalue weighted by Crippen LogP contribution is 1.63. The third kappa shape index (κ3) is 1.41. The third-order valence-corrected chi connectivity index (χ3v) is 0.741. The van der Waals surface area contributed by atoms with Crippen LogP contribution in [0, 0.1) is 10.1 Å². The average molecular weight is 144 g/mol. The fourth-order valence-corrected chi connectivity index (χ4v) is 0.438. The van der Waals surface area contributed by atoms with Crippen LogP contribution in [0.2, 0.25) is 0 Å². The number of aryl methyl sites for hydroxylation is 1. The molecule has 0 unspecified atom stereocenters. The van der Waals surface area contributed by atoms with Gasteiger partial charge >= 0.3 is 5.55 Å². The molecule has 0 N–H and O–H groups in total. The minimum atomic E-state index is -0.847. The fraction of sp³-hybridized carbons (Fsp3) is 0.333. The summed E-state index contributed by atoms with van der Waals surface area (Å²) in [6.45, 7) is 0. The van der Waals surface area contributed by atoms with Crippen molar-refractivity contribution in [2.45, 2.75) is 0 Å². The Morgan fingerprint density at radius 2 is 2.70 bits per heavy atom. The first kappa shape index (κ1) is 6.46. The first-order chi connectivity index (χ1) is 4.68. The van der Waals surface area contributed by atoms with Gasteiger partial charge in [0.25, 0.3) is 0 Å². The third-order valence-electron chi connectivity index (χ3n) is 0.741. The molecular weight excluding hydrogens is 140 g/mol. The highest BCUT2D eigenvalue weighted by atomic mass is 16.7. The van der Waals surface area contributed by atoms with Crippen LogP contribution in [0.3, 0.4) is 0 Å². The van der Waals surface area contributed by atoms with E-state index in [0.717, 1.165) is 0 Å². The van der Waals surface area contributed by atoms with E-state index >= 15 is 0 Å². The van der Waals surface area contributed by atoms with E-state index in [-0.39, 0.29) is 5.55 Å². The minimum absolute atomic E-state index is 0.118. The largest absolute Gasteiger partial charge is 0.482 e. The van der Waals surface area contributed by atoms with Gasteiger partial charge in [-0.3, -0.25) is 5.27 Å². The van der Waals surface area contributed by atoms with Gasteiger partial charge in [0.05, 0.1) is 0 Å². The van der Waals surface area contributed by atoms with Gasteiger partial charge in [-0.25, -0.2) is 14.8 Å². The number of hydrogen-bond donors (Lipinski definition) is 0. The predicted molar refractivity (Wildman–Crippen MR) is 25.8 cm³/mol. The molecule has 1 heterocycles. The topological polar surface area (TPSA) is 86.6 Å². The normalized spacial score (nSPS) is 11.9. The van der Waals surface area contributed by atoms with Crippen LogP contribution in [0.4, 0.5) is 0 Å². The molecule has 0 bridgehead atoms. The lowest BCUT2D eigenvalue weighted by Crippen LogP contribution is -2.31. The van der Waals surface area contributed by atoms with Crippen LogP contribution in [0.1, 0.15) is 0 Å². The van der Waals surface area contributed by atoms with Gasteiger partial charge in [-0.1, -0.05) is 0 Å². The van der Waals surface area contributed by atoms with Gasteiger partial charge in [0.2, 0.25) is 6.20 Å². The van der Waals surface area contributed by atoms with Gasteiger partial charge in [-0.05, 0) is 0 Å². The Hall–Kier alpha value is -1.66. The Morgan fingerprint density at radius 1 is 2.00 bits per heavy atom. The van der Waals surface area contributed by atoms with Crippen LogP contribution < -0.4 is 15.5 Å². The molecular formula is C3H4N4O3. The smallest absolute Gasteiger partial charge is 0.343 e. The molecule has 0 fully saturated rings. The molecule has 0 saturated heterocycles. The van der Waals surface area contributed by atoms with Crippen molar-refractivity contribution in [1.82, 2.24) is 5.27 Å². The summed E-state index contributed by atoms with van der Waals surface area (Å²) in [6, 6.07) is 0. The van der Waals surface area contributed by atoms with E-state index in [4.69, 9.17) is 0 Å². The average Bonchev–Trinajstić information content (AvgIpc) is 2.13. The standard InChI is InChI=1S/C3H4N4O3/c1-6-2-3(10-5-6)4-7(8)9/h2H,1H3/b4-3-. The van der Waals surface area contributed by atoms with E-state index in [0.29, 0.717) is 0 Å². The molecule has 0 aliphatic heterocycles. The molecule has 0 amide bonds. The first-order valence-corrected chi connectivity index (χ1v) is 2.37. The Kier molecular flexibility index (Phi) is 1.48. The lowest BCUT2D eigenvalue weighted by molar-refractivity contribution is -0.745. The SMILES string of the molecule is C[n+]1c/c(=N/[N+](=O)[O-])o[n-]1. The molecule has 10 heavy (non-hydrogen) atoms. The number of aromatic nitrogens is 2. The van der Waals surface area contributed by atoms with Crippen LogP contribution in [0.25, 0.3) is 0 Å². The molecule has 0 aliphatic carbocycles. The molecule has 1 rings (SSSR count). The lowest BCUT2D eigenvalue weighted by atomic mass is 10.9. The zero-order valence-electron chi connectivity index (χ0n) is 5.09. The van der Waals surface area contributed by atoms with Crippen molar-refractivity contribution >= 4 is 0 Å². The highest BCUT2D eigenvalue weighted by Gasteiger charge is 1.93. The van der Waals surface area contributed by atoms with Crippen molar-refractivity contribution in [3.8, 4) is 0 Å². The summed E-state index contributed by atoms with van der Waals surface area (Å²) >= 11 is 0. The fourth-order valence-electron chi connectivity index (χ4n) is 0.438. The van der Waals surface area contributed by atoms with Gasteiger partial charge in [-0.15, -0.1) is 0 Å². The van der Waals surface area contributed by atoms with Crippen LogP contribution >= 0.6 is 0 Å². The van der Waals surface area contributed by atoms with Gasteiger partial charge in [0.1, 0.15) is 12.1 Å². The molecule has 1 aromatic rings. The van der Waals surface area contributed by atoms with Crippen LogP contribution in [-0.4, -0.2) is 5.03 Å². The monoisotopic (exact) mass is 144 g/mol. The zero-order valence-corrected chi connectivity index (χ0v) is 5.09. The van der Waals surface area contributed by atoms with Gasteiger partial charge in [0, 0.05) is 0 Å². The van der Waals surface area contributed by atoms with Crippen molar-refractivity contribution in [2.24, 2.45) is 12.1 Å². The predicted octanol–water partition coefficient (Wildman–Crippen LogP) is -1.85. The summed E-state index contributed by atoms with van der Waals surface area (Å²) in [4.78, 5) is 9.72. The molecule has 0 aliphatic rings. The molecule has 54 valence electrons. The summed E-state index contributed by atoms with van der Waals surface area (Å²) in [7, 11) is 1.57. The molecule has 7 nitrogen and oxygen atoms in total. The van der Waals surface area contributed by atoms with Crippen LogP contribution in [-0.2, 0) is 7.05 Å². The summed E-state index contributed by atoms with van der Waals surface area (Å²) in [5.74, 6) is 0. The summed E-state index contributed by atoms with van der Waals surface area (Å²) in [6.07, 6.45) is 1.29. The van der Waals surface area contributed by atoms with Crippen molar-refractivity contribution in [2.75, 3.05) is 0 Å². The molecule has 0 radical (unpaired) electrons. The molecule has 1 aromatic heterocycles. The molecule has 0 saturated carbocycles. The molecule has 0 aromatic carbocycles. The zero-order chi connectivity index (χ0) is 7.56. The lowest BCUT2D eigenvalue weighted by Gasteiger charge is -1.78. The number of hydrogen-bond acceptors (Lipinski definition) is 3. The summed E-state index contributed by atoms with van der Waals surface area (Å²) in [5, 5.41) is 15.0. The number of nitrogens with zero attached hydrogens (tertiary/aromatic N) is 4. The number of nitro groups is 1. The van der Waals surface area contributed by atoms with E-state index in [2.05, 4.69) is 14.9 Å². The van der Waals surface area contributed by atoms with Crippen molar-refractivity contribution < 1.29 is 14.2 Å². The van der Waals surface area contributed by atoms with Crippen molar-refractivity contribution in [3.63, 3.8) is 0 Å². The van der Waals surface area contributed by atoms with Gasteiger partial charge in [-0.2, -0.15) is 0 Å². The van der Waals surface area contributed by atoms with Crippen LogP contribution in [0.15, 0.2) is 15.8 Å². The second-order valence-electron chi connectivity index (χ2n) is 1.55. The molecule has 7 heteroatoms. The minimum Gasteiger partial charge on any atom is -0.482 e. The second kappa shape index (κ2) is 2.29. The Balaban J connectivity index is 3.05. The van der Waals surface area contributed by atoms with Crippen LogP contribution in [0.5, 0.6) is 0 Å². The summed E-state index contributed by atoms with van der Waals surface area (Å²) in [5.41, 5.74) is -0.118. The Morgan fingerprint density at radius 3 is 3.10 bits per heavy atom. The Bertz CT molecular complexity index is 297. The van der Waals surface area contributed by atoms with Gasteiger partial charge in [0.15, 0.2) is 5.03 Å². The van der Waals surface area contributed by atoms with Gasteiger partial charge < -0.3 is 4.52 Å². The maximum absolute atomic E-state index is 9.72.